The predicted octanol–water partition coefficient (Wildman–Crippen LogP) is 3.27. The van der Waals surface area contributed by atoms with Gasteiger partial charge in [-0.3, -0.25) is 15.0 Å². The number of hydrogen-bond acceptors (Lipinski definition) is 8. The van der Waals surface area contributed by atoms with Crippen LogP contribution in [0.2, 0.25) is 0 Å². The van der Waals surface area contributed by atoms with Gasteiger partial charge in [0.05, 0.1) is 11.0 Å². The number of nitrogens with zero attached hydrogens (tertiary/aromatic N) is 4. The molecule has 1 unspecified atom stereocenters. The summed E-state index contributed by atoms with van der Waals surface area (Å²) >= 11 is 1.76. The first-order valence-electron chi connectivity index (χ1n) is 9.00. The Hall–Kier alpha value is -2.26. The SMILES string of the molecule is O=[N+]([O-])c1cnc(NCC(c2cccs2)N2CCCC2)nc1NC1CC1. The van der Waals surface area contributed by atoms with Crippen LogP contribution >= 0.6 is 11.3 Å². The van der Waals surface area contributed by atoms with Crippen LogP contribution in [0.4, 0.5) is 17.5 Å². The van der Waals surface area contributed by atoms with Crippen LogP contribution in [0.25, 0.3) is 0 Å². The van der Waals surface area contributed by atoms with Crippen LogP contribution < -0.4 is 10.6 Å². The van der Waals surface area contributed by atoms with E-state index in [9.17, 15) is 10.1 Å². The number of nitro groups is 1. The van der Waals surface area contributed by atoms with E-state index >= 15 is 0 Å². The number of anilines is 2. The molecule has 4 rings (SSSR count). The Bertz CT molecular complexity index is 759. The number of nitrogens with one attached hydrogen (secondary N) is 2. The number of likely N-dealkylation sites (tertiary alicyclic amines) is 1. The molecule has 2 N–H and O–H groups in total. The third-order valence-corrected chi connectivity index (χ3v) is 5.76. The second-order valence-corrected chi connectivity index (χ2v) is 7.74. The highest BCUT2D eigenvalue weighted by atomic mass is 32.1. The molecule has 8 nitrogen and oxygen atoms in total. The first kappa shape index (κ1) is 17.2. The zero-order valence-corrected chi connectivity index (χ0v) is 15.2. The lowest BCUT2D eigenvalue weighted by Gasteiger charge is -2.26. The maximum atomic E-state index is 11.2. The Morgan fingerprint density at radius 3 is 2.85 bits per heavy atom. The highest BCUT2D eigenvalue weighted by molar-refractivity contribution is 7.10. The van der Waals surface area contributed by atoms with Gasteiger partial charge in [0.25, 0.3) is 0 Å². The van der Waals surface area contributed by atoms with Crippen molar-refractivity contribution in [2.24, 2.45) is 0 Å². The minimum atomic E-state index is -0.437. The zero-order chi connectivity index (χ0) is 17.9. The highest BCUT2D eigenvalue weighted by Gasteiger charge is 2.27. The van der Waals surface area contributed by atoms with Gasteiger partial charge in [0.15, 0.2) is 0 Å². The molecule has 26 heavy (non-hydrogen) atoms. The lowest BCUT2D eigenvalue weighted by Crippen LogP contribution is -2.30. The Morgan fingerprint density at radius 1 is 1.38 bits per heavy atom. The molecular weight excluding hydrogens is 352 g/mol. The van der Waals surface area contributed by atoms with E-state index in [0.717, 1.165) is 25.9 Å². The number of rotatable bonds is 8. The van der Waals surface area contributed by atoms with E-state index in [1.54, 1.807) is 11.3 Å². The van der Waals surface area contributed by atoms with Crippen LogP contribution in [-0.2, 0) is 0 Å². The fraction of sp³-hybridized carbons (Fsp3) is 0.529. The Morgan fingerprint density at radius 2 is 2.19 bits per heavy atom. The fourth-order valence-electron chi connectivity index (χ4n) is 3.25. The molecule has 1 atom stereocenters. The molecule has 0 amide bonds. The van der Waals surface area contributed by atoms with Crippen molar-refractivity contribution >= 4 is 28.8 Å². The van der Waals surface area contributed by atoms with Crippen LogP contribution in [0, 0.1) is 10.1 Å². The summed E-state index contributed by atoms with van der Waals surface area (Å²) in [5.41, 5.74) is -0.0724. The van der Waals surface area contributed by atoms with Gasteiger partial charge in [-0.25, -0.2) is 4.98 Å². The zero-order valence-electron chi connectivity index (χ0n) is 14.4. The quantitative estimate of drug-likeness (QED) is 0.541. The van der Waals surface area contributed by atoms with Gasteiger partial charge < -0.3 is 10.6 Å². The number of hydrogen-bond donors (Lipinski definition) is 2. The lowest BCUT2D eigenvalue weighted by molar-refractivity contribution is -0.384. The molecule has 1 saturated carbocycles. The van der Waals surface area contributed by atoms with Gasteiger partial charge in [-0.1, -0.05) is 6.07 Å². The van der Waals surface area contributed by atoms with Gasteiger partial charge in [-0.2, -0.15) is 4.98 Å². The average molecular weight is 374 g/mol. The van der Waals surface area contributed by atoms with Crippen molar-refractivity contribution in [3.05, 3.63) is 38.7 Å². The van der Waals surface area contributed by atoms with Gasteiger partial charge in [0, 0.05) is 17.5 Å². The number of aromatic nitrogens is 2. The van der Waals surface area contributed by atoms with Crippen LogP contribution in [0.15, 0.2) is 23.7 Å². The van der Waals surface area contributed by atoms with Crippen LogP contribution in [0.5, 0.6) is 0 Å². The summed E-state index contributed by atoms with van der Waals surface area (Å²) in [4.78, 5) is 23.1. The predicted molar refractivity (Wildman–Crippen MR) is 102 cm³/mol. The summed E-state index contributed by atoms with van der Waals surface area (Å²) < 4.78 is 0. The molecular formula is C17H22N6O2S. The number of thiophene rings is 1. The molecule has 1 aliphatic heterocycles. The van der Waals surface area contributed by atoms with Gasteiger partial charge in [0.1, 0.15) is 6.20 Å². The van der Waals surface area contributed by atoms with Crippen molar-refractivity contribution in [3.8, 4) is 0 Å². The molecule has 0 spiro atoms. The van der Waals surface area contributed by atoms with Gasteiger partial charge in [-0.15, -0.1) is 11.3 Å². The minimum absolute atomic E-state index is 0.0724. The molecule has 9 heteroatoms. The van der Waals surface area contributed by atoms with Crippen LogP contribution in [-0.4, -0.2) is 45.5 Å². The largest absolute Gasteiger partial charge is 0.361 e. The third-order valence-electron chi connectivity index (χ3n) is 4.79. The summed E-state index contributed by atoms with van der Waals surface area (Å²) in [5.74, 6) is 0.739. The van der Waals surface area contributed by atoms with Gasteiger partial charge in [0.2, 0.25) is 11.8 Å². The standard InChI is InChI=1S/C17H22N6O2S/c24-23(25)14-11-19-17(21-16(14)20-12-5-6-12)18-10-13(15-4-3-9-26-15)22-7-1-2-8-22/h3-4,9,11-13H,1-2,5-8,10H2,(H2,18,19,20,21). The Kier molecular flexibility index (Phi) is 4.98. The fourth-order valence-corrected chi connectivity index (χ4v) is 4.11. The van der Waals surface area contributed by atoms with Crippen molar-refractivity contribution in [1.29, 1.82) is 0 Å². The molecule has 2 aromatic heterocycles. The molecule has 0 radical (unpaired) electrons. The van der Waals surface area contributed by atoms with Crippen molar-refractivity contribution < 1.29 is 4.92 Å². The first-order chi connectivity index (χ1) is 12.7. The molecule has 0 aromatic carbocycles. The Balaban J connectivity index is 1.49. The topological polar surface area (TPSA) is 96.2 Å². The molecule has 3 heterocycles. The molecule has 2 aliphatic rings. The summed E-state index contributed by atoms with van der Waals surface area (Å²) in [6.45, 7) is 2.88. The monoisotopic (exact) mass is 374 g/mol. The van der Waals surface area contributed by atoms with Gasteiger partial charge >= 0.3 is 5.69 Å². The second-order valence-electron chi connectivity index (χ2n) is 6.76. The maximum Gasteiger partial charge on any atom is 0.329 e. The first-order valence-corrected chi connectivity index (χ1v) is 9.88. The Labute approximate surface area is 155 Å². The summed E-state index contributed by atoms with van der Waals surface area (Å²) in [5, 5.41) is 19.7. The van der Waals surface area contributed by atoms with Crippen LogP contribution in [0.3, 0.4) is 0 Å². The molecule has 2 aromatic rings. The van der Waals surface area contributed by atoms with E-state index in [-0.39, 0.29) is 11.7 Å². The van der Waals surface area contributed by atoms with E-state index in [2.05, 4.69) is 43.0 Å². The van der Waals surface area contributed by atoms with Crippen molar-refractivity contribution in [3.63, 3.8) is 0 Å². The third kappa shape index (κ3) is 3.94. The second kappa shape index (κ2) is 7.55. The van der Waals surface area contributed by atoms with Crippen molar-refractivity contribution in [2.45, 2.75) is 37.8 Å². The van der Waals surface area contributed by atoms with E-state index in [1.165, 1.54) is 23.9 Å². The molecule has 1 saturated heterocycles. The summed E-state index contributed by atoms with van der Waals surface area (Å²) in [6, 6.07) is 4.80. The molecule has 138 valence electrons. The van der Waals surface area contributed by atoms with Crippen molar-refractivity contribution in [2.75, 3.05) is 30.3 Å². The minimum Gasteiger partial charge on any atom is -0.361 e. The summed E-state index contributed by atoms with van der Waals surface area (Å²) in [7, 11) is 0. The van der Waals surface area contributed by atoms with E-state index < -0.39 is 4.92 Å². The average Bonchev–Trinajstić information content (AvgIpc) is 3.09. The lowest BCUT2D eigenvalue weighted by atomic mass is 10.2. The van der Waals surface area contributed by atoms with E-state index in [4.69, 9.17) is 0 Å². The van der Waals surface area contributed by atoms with Gasteiger partial charge in [-0.05, 0) is 50.2 Å². The molecule has 0 bridgehead atoms. The molecule has 1 aliphatic carbocycles. The van der Waals surface area contributed by atoms with E-state index in [1.807, 2.05) is 0 Å². The highest BCUT2D eigenvalue weighted by Crippen LogP contribution is 2.31. The normalized spacial score (nSPS) is 18.6. The smallest absolute Gasteiger partial charge is 0.329 e. The summed E-state index contributed by atoms with van der Waals surface area (Å²) in [6.07, 6.45) is 5.80. The molecule has 2 fully saturated rings. The van der Waals surface area contributed by atoms with Crippen LogP contribution in [0.1, 0.15) is 36.6 Å². The van der Waals surface area contributed by atoms with Crippen molar-refractivity contribution in [1.82, 2.24) is 14.9 Å². The van der Waals surface area contributed by atoms with E-state index in [0.29, 0.717) is 24.4 Å². The maximum absolute atomic E-state index is 11.2.